The number of benzene rings is 1. The molecule has 0 spiro atoms. The Morgan fingerprint density at radius 3 is 2.67 bits per heavy atom. The fourth-order valence-electron chi connectivity index (χ4n) is 4.53. The van der Waals surface area contributed by atoms with Crippen LogP contribution in [-0.2, 0) is 16.6 Å². The molecule has 1 heterocycles. The van der Waals surface area contributed by atoms with Crippen LogP contribution in [0.3, 0.4) is 0 Å². The monoisotopic (exact) mass is 367 g/mol. The lowest BCUT2D eigenvalue weighted by atomic mass is 9.74. The zero-order chi connectivity index (χ0) is 19.4. The summed E-state index contributed by atoms with van der Waals surface area (Å²) in [5.74, 6) is -0.851. The number of carbonyl (C=O) groups is 1. The van der Waals surface area contributed by atoms with Gasteiger partial charge >= 0.3 is 5.97 Å². The van der Waals surface area contributed by atoms with Crippen molar-refractivity contribution in [2.24, 2.45) is 0 Å². The molecule has 1 N–H and O–H groups in total. The van der Waals surface area contributed by atoms with Gasteiger partial charge in [0.2, 0.25) is 0 Å². The van der Waals surface area contributed by atoms with Crippen molar-refractivity contribution in [2.45, 2.75) is 83.1 Å². The quantitative estimate of drug-likeness (QED) is 0.700. The van der Waals surface area contributed by atoms with Gasteiger partial charge in [-0.2, -0.15) is 10.4 Å². The second kappa shape index (κ2) is 8.12. The second-order valence-corrected chi connectivity index (χ2v) is 7.75. The van der Waals surface area contributed by atoms with Crippen LogP contribution >= 0.6 is 0 Å². The van der Waals surface area contributed by atoms with Gasteiger partial charge in [-0.15, -0.1) is 0 Å². The molecule has 0 bridgehead atoms. The number of aliphatic carboxylic acids is 1. The molecule has 3 rings (SSSR count). The van der Waals surface area contributed by atoms with Crippen molar-refractivity contribution >= 4 is 16.9 Å². The molecule has 0 aliphatic heterocycles. The zero-order valence-electron chi connectivity index (χ0n) is 16.4. The van der Waals surface area contributed by atoms with E-state index in [4.69, 9.17) is 10.2 Å². The minimum absolute atomic E-state index is 0.00763. The van der Waals surface area contributed by atoms with Crippen LogP contribution in [0.15, 0.2) is 18.2 Å². The molecule has 1 aromatic heterocycles. The van der Waals surface area contributed by atoms with E-state index >= 15 is 0 Å². The van der Waals surface area contributed by atoms with Gasteiger partial charge in [-0.1, -0.05) is 45.2 Å². The minimum atomic E-state index is -0.851. The highest BCUT2D eigenvalue weighted by Gasteiger charge is 2.33. The van der Waals surface area contributed by atoms with Crippen molar-refractivity contribution in [2.75, 3.05) is 0 Å². The minimum Gasteiger partial charge on any atom is -0.481 e. The molecule has 0 radical (unpaired) electrons. The Hall–Kier alpha value is -2.35. The second-order valence-electron chi connectivity index (χ2n) is 7.75. The zero-order valence-corrected chi connectivity index (χ0v) is 16.4. The molecule has 0 saturated heterocycles. The summed E-state index contributed by atoms with van der Waals surface area (Å²) in [7, 11) is 0. The fourth-order valence-corrected chi connectivity index (χ4v) is 4.53. The van der Waals surface area contributed by atoms with Gasteiger partial charge in [0.25, 0.3) is 0 Å². The molecule has 1 aliphatic carbocycles. The number of nitriles is 1. The smallest absolute Gasteiger partial charge is 0.303 e. The molecule has 1 unspecified atom stereocenters. The fraction of sp³-hybridized carbons (Fsp3) is 0.591. The number of rotatable bonds is 8. The molecule has 0 amide bonds. The Bertz CT molecular complexity index is 858. The van der Waals surface area contributed by atoms with Crippen molar-refractivity contribution in [3.63, 3.8) is 0 Å². The van der Waals surface area contributed by atoms with Crippen molar-refractivity contribution in [3.8, 4) is 6.07 Å². The van der Waals surface area contributed by atoms with Crippen LogP contribution in [0.1, 0.15) is 82.5 Å². The Kier molecular flexibility index (Phi) is 5.84. The van der Waals surface area contributed by atoms with Gasteiger partial charge < -0.3 is 5.11 Å². The summed E-state index contributed by atoms with van der Waals surface area (Å²) in [6.45, 7) is 4.17. The first-order valence-electron chi connectivity index (χ1n) is 10.2. The van der Waals surface area contributed by atoms with Gasteiger partial charge in [0.1, 0.15) is 0 Å². The summed E-state index contributed by atoms with van der Waals surface area (Å²) in [6, 6.07) is 9.12. The van der Waals surface area contributed by atoms with E-state index in [-0.39, 0.29) is 6.42 Å². The lowest BCUT2D eigenvalue weighted by Crippen LogP contribution is -2.25. The van der Waals surface area contributed by atoms with E-state index in [1.54, 1.807) is 0 Å². The van der Waals surface area contributed by atoms with Gasteiger partial charge in [-0.3, -0.25) is 9.48 Å². The summed E-state index contributed by atoms with van der Waals surface area (Å²) in [6.07, 6.45) is 7.53. The van der Waals surface area contributed by atoms with E-state index in [1.807, 2.05) is 13.0 Å². The molecule has 144 valence electrons. The van der Waals surface area contributed by atoms with E-state index < -0.39 is 11.4 Å². The Morgan fingerprint density at radius 1 is 1.33 bits per heavy atom. The predicted octanol–water partition coefficient (Wildman–Crippen LogP) is 5.14. The first-order chi connectivity index (χ1) is 13.0. The van der Waals surface area contributed by atoms with Crippen molar-refractivity contribution in [3.05, 3.63) is 29.5 Å². The van der Waals surface area contributed by atoms with Gasteiger partial charge in [-0.25, -0.2) is 0 Å². The molecule has 1 aliphatic rings. The summed E-state index contributed by atoms with van der Waals surface area (Å²) >= 11 is 0. The lowest BCUT2D eigenvalue weighted by Gasteiger charge is -2.26. The van der Waals surface area contributed by atoms with E-state index in [0.717, 1.165) is 47.8 Å². The van der Waals surface area contributed by atoms with Crippen LogP contribution in [0.5, 0.6) is 0 Å². The molecule has 1 fully saturated rings. The number of nitrogens with zero attached hydrogens (tertiary/aromatic N) is 3. The molecular formula is C22H29N3O2. The van der Waals surface area contributed by atoms with Crippen LogP contribution in [0.4, 0.5) is 0 Å². The third-order valence-electron chi connectivity index (χ3n) is 6.00. The number of aryl methyl sites for hydroxylation is 1. The maximum atomic E-state index is 11.2. The average molecular weight is 367 g/mol. The number of hydrogen-bond donors (Lipinski definition) is 1. The summed E-state index contributed by atoms with van der Waals surface area (Å²) in [5.41, 5.74) is 2.38. The molecule has 1 aromatic carbocycles. The van der Waals surface area contributed by atoms with E-state index in [1.165, 1.54) is 12.8 Å². The van der Waals surface area contributed by atoms with Crippen molar-refractivity contribution in [1.82, 2.24) is 9.78 Å². The number of carboxylic acid groups (broad SMARTS) is 1. The molecular weight excluding hydrogens is 338 g/mol. The van der Waals surface area contributed by atoms with Crippen LogP contribution in [0, 0.1) is 11.3 Å². The van der Waals surface area contributed by atoms with Crippen molar-refractivity contribution < 1.29 is 9.90 Å². The normalized spacial score (nSPS) is 17.1. The maximum absolute atomic E-state index is 11.2. The predicted molar refractivity (Wildman–Crippen MR) is 106 cm³/mol. The molecule has 1 atom stereocenters. The summed E-state index contributed by atoms with van der Waals surface area (Å²) in [4.78, 5) is 11.2. The van der Waals surface area contributed by atoms with E-state index in [2.05, 4.69) is 29.8 Å². The summed E-state index contributed by atoms with van der Waals surface area (Å²) in [5, 5.41) is 25.2. The topological polar surface area (TPSA) is 78.9 Å². The van der Waals surface area contributed by atoms with Crippen LogP contribution < -0.4 is 0 Å². The van der Waals surface area contributed by atoms with Gasteiger partial charge in [-0.05, 0) is 43.7 Å². The van der Waals surface area contributed by atoms with Gasteiger partial charge in [0, 0.05) is 11.8 Å². The number of carboxylic acids is 1. The van der Waals surface area contributed by atoms with E-state index in [9.17, 15) is 10.1 Å². The first-order valence-corrected chi connectivity index (χ1v) is 10.2. The van der Waals surface area contributed by atoms with Crippen LogP contribution in [0.2, 0.25) is 0 Å². The van der Waals surface area contributed by atoms with E-state index in [0.29, 0.717) is 18.9 Å². The molecule has 1 saturated carbocycles. The number of hydrogen-bond acceptors (Lipinski definition) is 3. The SMILES string of the molecule is CCCC(C#N)(CCC(=O)O)c1ccc2c(CC)nn(C3CCCC3)c2c1. The molecule has 2 aromatic rings. The number of fused-ring (bicyclic) bond motifs is 1. The largest absolute Gasteiger partial charge is 0.481 e. The Labute approximate surface area is 161 Å². The third-order valence-corrected chi connectivity index (χ3v) is 6.00. The highest BCUT2D eigenvalue weighted by Crippen LogP contribution is 2.38. The third kappa shape index (κ3) is 3.71. The average Bonchev–Trinajstić information content (AvgIpc) is 3.32. The molecule has 27 heavy (non-hydrogen) atoms. The Balaban J connectivity index is 2.11. The number of aromatic nitrogens is 2. The Morgan fingerprint density at radius 2 is 2.07 bits per heavy atom. The highest BCUT2D eigenvalue weighted by molar-refractivity contribution is 5.83. The van der Waals surface area contributed by atoms with Crippen LogP contribution in [0.25, 0.3) is 10.9 Å². The molecule has 5 nitrogen and oxygen atoms in total. The summed E-state index contributed by atoms with van der Waals surface area (Å²) < 4.78 is 2.18. The lowest BCUT2D eigenvalue weighted by molar-refractivity contribution is -0.137. The first kappa shape index (κ1) is 19.4. The van der Waals surface area contributed by atoms with Gasteiger partial charge in [0.05, 0.1) is 28.7 Å². The van der Waals surface area contributed by atoms with Crippen LogP contribution in [-0.4, -0.2) is 20.9 Å². The van der Waals surface area contributed by atoms with Gasteiger partial charge in [0.15, 0.2) is 0 Å². The molecule has 5 heteroatoms. The highest BCUT2D eigenvalue weighted by atomic mass is 16.4. The van der Waals surface area contributed by atoms with Crippen molar-refractivity contribution in [1.29, 1.82) is 5.26 Å². The maximum Gasteiger partial charge on any atom is 0.303 e. The standard InChI is InChI=1S/C22H29N3O2/c1-3-12-22(15-23,13-11-21(26)27)16-9-10-18-19(4-2)24-25(20(18)14-16)17-7-5-6-8-17/h9-10,14,17H,3-8,11-13H2,1-2H3,(H,26,27).